The molecule has 0 bridgehead atoms. The predicted octanol–water partition coefficient (Wildman–Crippen LogP) is -0.367. The lowest BCUT2D eigenvalue weighted by molar-refractivity contribution is 0.0935. The van der Waals surface area contributed by atoms with E-state index in [0.29, 0.717) is 6.61 Å². The lowest BCUT2D eigenvalue weighted by atomic mass is 10.3. The summed E-state index contributed by atoms with van der Waals surface area (Å²) < 4.78 is 5.05. The van der Waals surface area contributed by atoms with Crippen molar-refractivity contribution in [3.8, 4) is 0 Å². The molecule has 0 spiro atoms. The molecular weight excluding hydrogens is 180 g/mol. The van der Waals surface area contributed by atoms with Crippen LogP contribution < -0.4 is 0 Å². The Morgan fingerprint density at radius 3 is 2.14 bits per heavy atom. The van der Waals surface area contributed by atoms with E-state index in [4.69, 9.17) is 9.84 Å². The molecular formula is C10H22N2O2. The Morgan fingerprint density at radius 2 is 1.64 bits per heavy atom. The molecule has 1 rings (SSSR count). The van der Waals surface area contributed by atoms with Gasteiger partial charge in [-0.25, -0.2) is 0 Å². The van der Waals surface area contributed by atoms with E-state index in [0.717, 1.165) is 52.3 Å². The maximum atomic E-state index is 8.71. The van der Waals surface area contributed by atoms with Gasteiger partial charge in [0.15, 0.2) is 0 Å². The van der Waals surface area contributed by atoms with Gasteiger partial charge in [-0.3, -0.25) is 4.90 Å². The van der Waals surface area contributed by atoms with Crippen molar-refractivity contribution in [1.82, 2.24) is 9.80 Å². The van der Waals surface area contributed by atoms with Crippen LogP contribution in [0.2, 0.25) is 0 Å². The summed E-state index contributed by atoms with van der Waals surface area (Å²) >= 11 is 0. The van der Waals surface area contributed by atoms with Gasteiger partial charge in [0.2, 0.25) is 0 Å². The molecule has 14 heavy (non-hydrogen) atoms. The zero-order valence-electron chi connectivity index (χ0n) is 9.11. The molecule has 1 fully saturated rings. The predicted molar refractivity (Wildman–Crippen MR) is 56.5 cm³/mol. The number of methoxy groups -OCH3 is 1. The second-order valence-corrected chi connectivity index (χ2v) is 3.75. The number of aliphatic hydroxyl groups is 1. The van der Waals surface area contributed by atoms with Crippen LogP contribution in [0.3, 0.4) is 0 Å². The minimum absolute atomic E-state index is 0.309. The van der Waals surface area contributed by atoms with Crippen molar-refractivity contribution in [2.24, 2.45) is 0 Å². The molecule has 0 radical (unpaired) electrons. The summed E-state index contributed by atoms with van der Waals surface area (Å²) in [4.78, 5) is 4.85. The highest BCUT2D eigenvalue weighted by molar-refractivity contribution is 4.71. The smallest absolute Gasteiger partial charge is 0.0589 e. The Labute approximate surface area is 86.4 Å². The van der Waals surface area contributed by atoms with Gasteiger partial charge < -0.3 is 14.7 Å². The van der Waals surface area contributed by atoms with Crippen LogP contribution in [0, 0.1) is 0 Å². The fourth-order valence-corrected chi connectivity index (χ4v) is 1.75. The number of nitrogens with zero attached hydrogens (tertiary/aromatic N) is 2. The summed E-state index contributed by atoms with van der Waals surface area (Å²) in [5.41, 5.74) is 0. The Bertz CT molecular complexity index is 120. The zero-order valence-corrected chi connectivity index (χ0v) is 9.11. The zero-order chi connectivity index (χ0) is 10.2. The fourth-order valence-electron chi connectivity index (χ4n) is 1.75. The maximum Gasteiger partial charge on any atom is 0.0589 e. The van der Waals surface area contributed by atoms with Crippen LogP contribution in [-0.4, -0.2) is 74.5 Å². The van der Waals surface area contributed by atoms with Crippen molar-refractivity contribution in [3.63, 3.8) is 0 Å². The van der Waals surface area contributed by atoms with Gasteiger partial charge in [-0.2, -0.15) is 0 Å². The Hall–Kier alpha value is -0.160. The molecule has 0 aromatic heterocycles. The van der Waals surface area contributed by atoms with E-state index >= 15 is 0 Å². The summed E-state index contributed by atoms with van der Waals surface area (Å²) in [6, 6.07) is 0. The summed E-state index contributed by atoms with van der Waals surface area (Å²) in [5, 5.41) is 8.71. The first-order valence-corrected chi connectivity index (χ1v) is 5.41. The minimum atomic E-state index is 0.309. The van der Waals surface area contributed by atoms with E-state index in [2.05, 4.69) is 9.80 Å². The topological polar surface area (TPSA) is 35.9 Å². The molecule has 0 saturated carbocycles. The van der Waals surface area contributed by atoms with Gasteiger partial charge >= 0.3 is 0 Å². The normalized spacial score (nSPS) is 20.1. The quantitative estimate of drug-likeness (QED) is 0.638. The van der Waals surface area contributed by atoms with Gasteiger partial charge in [0, 0.05) is 53.0 Å². The number of aliphatic hydroxyl groups excluding tert-OH is 1. The van der Waals surface area contributed by atoms with Crippen LogP contribution >= 0.6 is 0 Å². The van der Waals surface area contributed by atoms with E-state index < -0.39 is 0 Å². The Kier molecular flexibility index (Phi) is 6.10. The SMILES string of the molecule is COCCN1CCN(CCCO)CC1. The average molecular weight is 202 g/mol. The Balaban J connectivity index is 2.05. The molecule has 0 unspecified atom stereocenters. The molecule has 0 amide bonds. The summed E-state index contributed by atoms with van der Waals surface area (Å²) in [6.45, 7) is 7.75. The third kappa shape index (κ3) is 4.37. The monoisotopic (exact) mass is 202 g/mol. The van der Waals surface area contributed by atoms with E-state index in [1.54, 1.807) is 7.11 Å². The van der Waals surface area contributed by atoms with Crippen molar-refractivity contribution < 1.29 is 9.84 Å². The molecule has 1 N–H and O–H groups in total. The number of hydrogen-bond acceptors (Lipinski definition) is 4. The van der Waals surface area contributed by atoms with Crippen molar-refractivity contribution in [2.75, 3.05) is 59.6 Å². The minimum Gasteiger partial charge on any atom is -0.396 e. The first kappa shape index (κ1) is 11.9. The standard InChI is InChI=1S/C10H22N2O2/c1-14-10-8-12-6-4-11(5-7-12)3-2-9-13/h13H,2-10H2,1H3. The van der Waals surface area contributed by atoms with Crippen LogP contribution in [0.25, 0.3) is 0 Å². The maximum absolute atomic E-state index is 8.71. The third-order valence-corrected chi connectivity index (χ3v) is 2.71. The van der Waals surface area contributed by atoms with E-state index in [-0.39, 0.29) is 0 Å². The molecule has 1 saturated heterocycles. The van der Waals surface area contributed by atoms with Gasteiger partial charge in [-0.1, -0.05) is 0 Å². The van der Waals surface area contributed by atoms with Crippen molar-refractivity contribution >= 4 is 0 Å². The Morgan fingerprint density at radius 1 is 1.07 bits per heavy atom. The van der Waals surface area contributed by atoms with Gasteiger partial charge in [-0.05, 0) is 6.42 Å². The largest absolute Gasteiger partial charge is 0.396 e. The summed E-state index contributed by atoms with van der Waals surface area (Å²) in [6.07, 6.45) is 0.901. The molecule has 0 aliphatic carbocycles. The highest BCUT2D eigenvalue weighted by Gasteiger charge is 2.15. The first-order chi connectivity index (χ1) is 6.86. The van der Waals surface area contributed by atoms with Crippen LogP contribution in [0.1, 0.15) is 6.42 Å². The number of hydrogen-bond donors (Lipinski definition) is 1. The van der Waals surface area contributed by atoms with Gasteiger partial charge in [0.05, 0.1) is 6.61 Å². The lowest BCUT2D eigenvalue weighted by Crippen LogP contribution is -2.47. The highest BCUT2D eigenvalue weighted by atomic mass is 16.5. The number of ether oxygens (including phenoxy) is 1. The van der Waals surface area contributed by atoms with Crippen LogP contribution in [0.4, 0.5) is 0 Å². The number of piperazine rings is 1. The summed E-state index contributed by atoms with van der Waals surface area (Å²) in [7, 11) is 1.75. The highest BCUT2D eigenvalue weighted by Crippen LogP contribution is 2.01. The van der Waals surface area contributed by atoms with Crippen LogP contribution in [0.15, 0.2) is 0 Å². The van der Waals surface area contributed by atoms with E-state index in [9.17, 15) is 0 Å². The second-order valence-electron chi connectivity index (χ2n) is 3.75. The second kappa shape index (κ2) is 7.17. The fraction of sp³-hybridized carbons (Fsp3) is 1.00. The first-order valence-electron chi connectivity index (χ1n) is 5.41. The van der Waals surface area contributed by atoms with Crippen LogP contribution in [-0.2, 0) is 4.74 Å². The third-order valence-electron chi connectivity index (χ3n) is 2.71. The molecule has 0 aromatic rings. The van der Waals surface area contributed by atoms with Crippen LogP contribution in [0.5, 0.6) is 0 Å². The molecule has 4 heteroatoms. The average Bonchev–Trinajstić information content (AvgIpc) is 2.25. The molecule has 0 atom stereocenters. The van der Waals surface area contributed by atoms with Gasteiger partial charge in [0.1, 0.15) is 0 Å². The van der Waals surface area contributed by atoms with Crippen molar-refractivity contribution in [3.05, 3.63) is 0 Å². The van der Waals surface area contributed by atoms with E-state index in [1.807, 2.05) is 0 Å². The van der Waals surface area contributed by atoms with Gasteiger partial charge in [-0.15, -0.1) is 0 Å². The molecule has 1 aliphatic rings. The van der Waals surface area contributed by atoms with Crippen molar-refractivity contribution in [1.29, 1.82) is 0 Å². The molecule has 1 heterocycles. The van der Waals surface area contributed by atoms with Gasteiger partial charge in [0.25, 0.3) is 0 Å². The number of rotatable bonds is 6. The molecule has 0 aromatic carbocycles. The van der Waals surface area contributed by atoms with Crippen molar-refractivity contribution in [2.45, 2.75) is 6.42 Å². The van der Waals surface area contributed by atoms with E-state index in [1.165, 1.54) is 0 Å². The molecule has 1 aliphatic heterocycles. The summed E-state index contributed by atoms with van der Waals surface area (Å²) in [5.74, 6) is 0. The molecule has 4 nitrogen and oxygen atoms in total. The lowest BCUT2D eigenvalue weighted by Gasteiger charge is -2.34. The molecule has 84 valence electrons.